The molecule has 260 valence electrons. The van der Waals surface area contributed by atoms with E-state index in [0.717, 1.165) is 13.1 Å². The average Bonchev–Trinajstić information content (AvgIpc) is 3.04. The highest BCUT2D eigenvalue weighted by Crippen LogP contribution is 2.56. The van der Waals surface area contributed by atoms with E-state index in [4.69, 9.17) is 13.3 Å². The number of nitrogens with zero attached hydrogens (tertiary/aromatic N) is 3. The normalized spacial score (nSPS) is 15.9. The van der Waals surface area contributed by atoms with E-state index in [0.29, 0.717) is 5.54 Å². The van der Waals surface area contributed by atoms with Crippen molar-refractivity contribution in [3.63, 3.8) is 0 Å². The molecule has 9 heteroatoms. The molecule has 0 spiro atoms. The largest absolute Gasteiger partial charge is 0.402 e. The van der Waals surface area contributed by atoms with Crippen LogP contribution in [0.2, 0.25) is 34.3 Å². The number of rotatable bonds is 16. The molecular weight excluding hydrogens is 631 g/mol. The van der Waals surface area contributed by atoms with Crippen molar-refractivity contribution in [2.45, 2.75) is 89.6 Å². The second-order valence-electron chi connectivity index (χ2n) is 15.4. The Morgan fingerprint density at radius 3 is 1.40 bits per heavy atom. The van der Waals surface area contributed by atoms with Crippen LogP contribution in [0.3, 0.4) is 0 Å². The third-order valence-electron chi connectivity index (χ3n) is 10.4. The molecule has 0 fully saturated rings. The number of anilines is 3. The summed E-state index contributed by atoms with van der Waals surface area (Å²) < 4.78 is 28.0. The maximum absolute atomic E-state index is 7.06. The Hall–Kier alpha value is -2.41. The Balaban J connectivity index is 2.26. The Morgan fingerprint density at radius 2 is 1.04 bits per heavy atom. The molecule has 0 aliphatic heterocycles. The summed E-state index contributed by atoms with van der Waals surface area (Å²) in [5, 5.41) is -0.359. The van der Waals surface area contributed by atoms with Crippen LogP contribution in [0.15, 0.2) is 91.0 Å². The van der Waals surface area contributed by atoms with Crippen LogP contribution in [-0.2, 0) is 13.3 Å². The van der Waals surface area contributed by atoms with E-state index in [9.17, 15) is 0 Å². The molecule has 0 radical (unpaired) electrons. The highest BCUT2D eigenvalue weighted by Gasteiger charge is 2.63. The Kier molecular flexibility index (Phi) is 12.8. The third kappa shape index (κ3) is 7.60. The lowest BCUT2D eigenvalue weighted by atomic mass is 10.2. The van der Waals surface area contributed by atoms with Gasteiger partial charge < -0.3 is 27.0 Å². The maximum atomic E-state index is 7.06. The minimum atomic E-state index is -2.79. The van der Waals surface area contributed by atoms with Crippen molar-refractivity contribution >= 4 is 42.5 Å². The van der Waals surface area contributed by atoms with Gasteiger partial charge in [-0.2, -0.15) is 0 Å². The SMILES string of the molecule is CO[Si](C)(C)N(CC(C)[Si](OC)(C(C)C)N(CC(C)(C)[Si](OC)(N(C)c1ccccc1)C(C)(C)C)c1ccccc1)c1ccccc1. The fourth-order valence-corrected chi connectivity index (χ4v) is 21.8. The summed E-state index contributed by atoms with van der Waals surface area (Å²) in [5.41, 5.74) is 4.12. The van der Waals surface area contributed by atoms with Crippen LogP contribution >= 0.6 is 0 Å². The van der Waals surface area contributed by atoms with Crippen LogP contribution < -0.4 is 13.7 Å². The Bertz CT molecular complexity index is 1370. The summed E-state index contributed by atoms with van der Waals surface area (Å²) in [4.78, 5) is 0. The van der Waals surface area contributed by atoms with Crippen molar-refractivity contribution in [3.05, 3.63) is 91.0 Å². The van der Waals surface area contributed by atoms with Gasteiger partial charge in [0, 0.05) is 67.1 Å². The zero-order chi connectivity index (χ0) is 35.3. The summed E-state index contributed by atoms with van der Waals surface area (Å²) in [7, 11) is 0.187. The van der Waals surface area contributed by atoms with Gasteiger partial charge in [0.05, 0.1) is 0 Å². The van der Waals surface area contributed by atoms with Crippen molar-refractivity contribution < 1.29 is 13.3 Å². The van der Waals surface area contributed by atoms with Gasteiger partial charge in [0.2, 0.25) is 0 Å². The fourth-order valence-electron chi connectivity index (χ4n) is 8.50. The molecule has 0 saturated heterocycles. The van der Waals surface area contributed by atoms with Gasteiger partial charge in [-0.3, -0.25) is 0 Å². The molecule has 3 aromatic carbocycles. The molecule has 3 atom stereocenters. The van der Waals surface area contributed by atoms with Crippen LogP contribution in [0.4, 0.5) is 17.1 Å². The van der Waals surface area contributed by atoms with Crippen LogP contribution in [0, 0.1) is 0 Å². The summed E-state index contributed by atoms with van der Waals surface area (Å²) in [5.74, 6) is 0. The predicted molar refractivity (Wildman–Crippen MR) is 211 cm³/mol. The molecule has 3 unspecified atom stereocenters. The molecular formula is C38H63N3O3Si3. The summed E-state index contributed by atoms with van der Waals surface area (Å²) in [6.07, 6.45) is 0. The van der Waals surface area contributed by atoms with E-state index < -0.39 is 25.4 Å². The maximum Gasteiger partial charge on any atom is 0.313 e. The number of benzene rings is 3. The number of para-hydroxylation sites is 3. The summed E-state index contributed by atoms with van der Waals surface area (Å²) in [6.45, 7) is 25.3. The van der Waals surface area contributed by atoms with Crippen LogP contribution in [-0.4, -0.2) is 66.9 Å². The lowest BCUT2D eigenvalue weighted by Crippen LogP contribution is -2.71. The molecule has 0 amide bonds. The molecule has 6 nitrogen and oxygen atoms in total. The van der Waals surface area contributed by atoms with Crippen LogP contribution in [0.5, 0.6) is 0 Å². The molecule has 0 aliphatic rings. The minimum absolute atomic E-state index is 0.114. The lowest BCUT2D eigenvalue weighted by molar-refractivity contribution is 0.314. The standard InChI is InChI=1S/C38H63N3O3Si3/c1-32(2)46(43-11,33(3)30-40(45(13,14)42-10)35-26-20-16-21-27-35)41(36-28-22-17-23-29-36)31-38(7,8)47(44-12,37(4,5)6)39(9)34-24-18-15-19-25-34/h15-29,32-33H,30-31H2,1-14H3. The first-order chi connectivity index (χ1) is 22.0. The van der Waals surface area contributed by atoms with Gasteiger partial charge >= 0.3 is 17.0 Å². The van der Waals surface area contributed by atoms with Crippen LogP contribution in [0.1, 0.15) is 55.4 Å². The monoisotopic (exact) mass is 693 g/mol. The molecule has 0 bridgehead atoms. The van der Waals surface area contributed by atoms with Gasteiger partial charge in [-0.05, 0) is 62.1 Å². The van der Waals surface area contributed by atoms with Gasteiger partial charge in [0.25, 0.3) is 8.48 Å². The quantitative estimate of drug-likeness (QED) is 0.139. The number of hydrogen-bond donors (Lipinski definition) is 0. The van der Waals surface area contributed by atoms with E-state index in [1.165, 1.54) is 17.1 Å². The zero-order valence-corrected chi connectivity index (χ0v) is 34.8. The molecule has 3 rings (SSSR count). The van der Waals surface area contributed by atoms with Crippen LogP contribution in [0.25, 0.3) is 0 Å². The highest BCUT2D eigenvalue weighted by atomic mass is 28.4. The van der Waals surface area contributed by atoms with Crippen molar-refractivity contribution in [1.29, 1.82) is 0 Å². The first-order valence-electron chi connectivity index (χ1n) is 17.1. The first-order valence-corrected chi connectivity index (χ1v) is 23.8. The van der Waals surface area contributed by atoms with Crippen molar-refractivity contribution in [2.75, 3.05) is 55.2 Å². The number of hydrogen-bond acceptors (Lipinski definition) is 6. The topological polar surface area (TPSA) is 37.4 Å². The fraction of sp³-hybridized carbons (Fsp3) is 0.526. The Morgan fingerprint density at radius 1 is 0.617 bits per heavy atom. The molecule has 0 N–H and O–H groups in total. The summed E-state index contributed by atoms with van der Waals surface area (Å²) >= 11 is 0. The van der Waals surface area contributed by atoms with Gasteiger partial charge in [0.1, 0.15) is 0 Å². The predicted octanol–water partition coefficient (Wildman–Crippen LogP) is 10.0. The molecule has 0 aliphatic carbocycles. The van der Waals surface area contributed by atoms with Gasteiger partial charge in [-0.15, -0.1) is 0 Å². The first kappa shape index (κ1) is 39.0. The molecule has 0 heterocycles. The van der Waals surface area contributed by atoms with Crippen molar-refractivity contribution in [1.82, 2.24) is 0 Å². The summed E-state index contributed by atoms with van der Waals surface area (Å²) in [6, 6.07) is 32.5. The van der Waals surface area contributed by atoms with Crippen molar-refractivity contribution in [2.24, 2.45) is 0 Å². The zero-order valence-electron chi connectivity index (χ0n) is 31.8. The van der Waals surface area contributed by atoms with E-state index in [2.05, 4.69) is 180 Å². The second kappa shape index (κ2) is 15.4. The van der Waals surface area contributed by atoms with Gasteiger partial charge in [-0.25, -0.2) is 0 Å². The lowest BCUT2D eigenvalue weighted by Gasteiger charge is -2.59. The van der Waals surface area contributed by atoms with Crippen molar-refractivity contribution in [3.8, 4) is 0 Å². The van der Waals surface area contributed by atoms with E-state index in [1.54, 1.807) is 0 Å². The molecule has 0 saturated carbocycles. The molecule has 3 aromatic rings. The third-order valence-corrected chi connectivity index (χ3v) is 24.1. The smallest absolute Gasteiger partial charge is 0.313 e. The molecule has 0 aromatic heterocycles. The van der Waals surface area contributed by atoms with Gasteiger partial charge in [0.15, 0.2) is 0 Å². The average molecular weight is 694 g/mol. The minimum Gasteiger partial charge on any atom is -0.402 e. The highest BCUT2D eigenvalue weighted by molar-refractivity contribution is 6.84. The van der Waals surface area contributed by atoms with E-state index >= 15 is 0 Å². The second-order valence-corrected chi connectivity index (χ2v) is 29.1. The van der Waals surface area contributed by atoms with Gasteiger partial charge in [-0.1, -0.05) is 110 Å². The molecule has 47 heavy (non-hydrogen) atoms. The van der Waals surface area contributed by atoms with E-state index in [1.807, 2.05) is 21.3 Å². The Labute approximate surface area is 290 Å². The van der Waals surface area contributed by atoms with E-state index in [-0.39, 0.29) is 15.6 Å².